The molecular weight excluding hydrogens is 544 g/mol. The molecule has 2 saturated heterocycles. The van der Waals surface area contributed by atoms with E-state index in [0.717, 1.165) is 74.1 Å². The highest BCUT2D eigenvalue weighted by molar-refractivity contribution is 8.13. The van der Waals surface area contributed by atoms with Gasteiger partial charge in [-0.3, -0.25) is 14.9 Å². The molecule has 2 aromatic heterocycles. The summed E-state index contributed by atoms with van der Waals surface area (Å²) in [5.74, 6) is 0.863. The second kappa shape index (κ2) is 13.3. The van der Waals surface area contributed by atoms with E-state index in [1.807, 2.05) is 18.3 Å². The molecule has 9 nitrogen and oxygen atoms in total. The minimum Gasteiger partial charge on any atom is -0.379 e. The third-order valence-electron chi connectivity index (χ3n) is 8.84. The third-order valence-corrected chi connectivity index (χ3v) is 9.59. The van der Waals surface area contributed by atoms with Crippen molar-refractivity contribution in [3.8, 4) is 5.69 Å². The van der Waals surface area contributed by atoms with Gasteiger partial charge in [0.2, 0.25) is 0 Å². The maximum Gasteiger partial charge on any atom is 0.354 e. The van der Waals surface area contributed by atoms with Crippen molar-refractivity contribution < 1.29 is 0 Å². The van der Waals surface area contributed by atoms with Crippen molar-refractivity contribution in [2.45, 2.75) is 96.3 Å². The summed E-state index contributed by atoms with van der Waals surface area (Å²) in [6.07, 6.45) is 10.7. The zero-order valence-corrected chi connectivity index (χ0v) is 26.2. The van der Waals surface area contributed by atoms with Gasteiger partial charge in [-0.1, -0.05) is 50.6 Å². The number of thioether (sulfide) groups is 1. The van der Waals surface area contributed by atoms with Crippen LogP contribution in [-0.2, 0) is 0 Å². The molecule has 2 aliphatic heterocycles. The SMILES string of the molecule is C[C@@H](N)CCCN1CC(C)(C)CC1c1cc2cn(-c3ccc([C@@H]4CCCC[C@@H](CCSC(=N)N)N4)cc3)c(=O)nc2[nH]1. The molecule has 1 aromatic carbocycles. The topological polar surface area (TPSA) is 142 Å². The molecule has 2 aliphatic rings. The Morgan fingerprint density at radius 3 is 2.74 bits per heavy atom. The van der Waals surface area contributed by atoms with Gasteiger partial charge in [0, 0.05) is 47.7 Å². The van der Waals surface area contributed by atoms with Crippen LogP contribution in [-0.4, -0.2) is 55.5 Å². The van der Waals surface area contributed by atoms with Gasteiger partial charge in [-0.25, -0.2) is 4.79 Å². The van der Waals surface area contributed by atoms with Gasteiger partial charge in [-0.15, -0.1) is 0 Å². The van der Waals surface area contributed by atoms with Crippen LogP contribution >= 0.6 is 11.8 Å². The van der Waals surface area contributed by atoms with E-state index in [4.69, 9.17) is 16.9 Å². The van der Waals surface area contributed by atoms with Crippen LogP contribution in [0.2, 0.25) is 0 Å². The van der Waals surface area contributed by atoms with Crippen molar-refractivity contribution in [2.75, 3.05) is 18.8 Å². The van der Waals surface area contributed by atoms with Crippen LogP contribution in [0.25, 0.3) is 16.7 Å². The summed E-state index contributed by atoms with van der Waals surface area (Å²) >= 11 is 1.42. The maximum atomic E-state index is 13.1. The van der Waals surface area contributed by atoms with E-state index < -0.39 is 0 Å². The molecule has 4 heterocycles. The van der Waals surface area contributed by atoms with Crippen molar-refractivity contribution >= 4 is 28.0 Å². The Hall–Kier alpha value is -2.66. The van der Waals surface area contributed by atoms with Crippen molar-refractivity contribution in [3.05, 3.63) is 58.3 Å². The summed E-state index contributed by atoms with van der Waals surface area (Å²) in [5.41, 5.74) is 15.3. The molecule has 1 unspecified atom stereocenters. The molecule has 0 bridgehead atoms. The second-order valence-corrected chi connectivity index (χ2v) is 14.3. The smallest absolute Gasteiger partial charge is 0.354 e. The van der Waals surface area contributed by atoms with Gasteiger partial charge in [-0.05, 0) is 81.2 Å². The lowest BCUT2D eigenvalue weighted by atomic mass is 9.90. The number of benzene rings is 1. The number of nitrogens with one attached hydrogen (secondary N) is 3. The van der Waals surface area contributed by atoms with Crippen LogP contribution < -0.4 is 22.5 Å². The van der Waals surface area contributed by atoms with Crippen molar-refractivity contribution in [2.24, 2.45) is 16.9 Å². The van der Waals surface area contributed by atoms with Crippen LogP contribution in [0.5, 0.6) is 0 Å². The fourth-order valence-corrected chi connectivity index (χ4v) is 7.40. The molecule has 7 N–H and O–H groups in total. The zero-order chi connectivity index (χ0) is 29.9. The second-order valence-electron chi connectivity index (χ2n) is 13.2. The molecular formula is C32H48N8OS. The molecule has 5 rings (SSSR count). The fraction of sp³-hybridized carbons (Fsp3) is 0.594. The number of fused-ring (bicyclic) bond motifs is 1. The first kappa shape index (κ1) is 30.8. The summed E-state index contributed by atoms with van der Waals surface area (Å²) in [4.78, 5) is 23.6. The molecule has 3 aromatic rings. The molecule has 0 saturated carbocycles. The van der Waals surface area contributed by atoms with Crippen LogP contribution in [0.4, 0.5) is 0 Å². The van der Waals surface area contributed by atoms with Crippen molar-refractivity contribution in [3.63, 3.8) is 0 Å². The summed E-state index contributed by atoms with van der Waals surface area (Å²) in [6.45, 7) is 8.80. The normalized spacial score (nSPS) is 23.7. The minimum absolute atomic E-state index is 0.187. The van der Waals surface area contributed by atoms with E-state index in [-0.39, 0.29) is 34.4 Å². The van der Waals surface area contributed by atoms with Gasteiger partial charge < -0.3 is 21.8 Å². The number of amidine groups is 1. The standard InChI is InChI=1S/C32H48N8OS/c1-21(33)7-6-15-39-20-32(2,3)18-28(39)27-17-23-19-40(31(41)38-29(23)37-27)25-12-10-22(11-13-25)26-9-5-4-8-24(36-26)14-16-42-30(34)35/h10-13,17,19,21,24,26,28,36H,4-9,14-16,18,20,33H2,1-3H3,(H3,34,35)(H,37,38,41)/t21-,24+,26+,28?/m1/s1. The number of aromatic nitrogens is 3. The fourth-order valence-electron chi connectivity index (χ4n) is 6.77. The number of hydrogen-bond acceptors (Lipinski definition) is 7. The Kier molecular flexibility index (Phi) is 9.77. The summed E-state index contributed by atoms with van der Waals surface area (Å²) in [7, 11) is 0. The van der Waals surface area contributed by atoms with E-state index in [1.165, 1.54) is 30.2 Å². The molecule has 0 radical (unpaired) electrons. The van der Waals surface area contributed by atoms with Crippen LogP contribution in [0.15, 0.2) is 41.3 Å². The Morgan fingerprint density at radius 1 is 1.24 bits per heavy atom. The zero-order valence-electron chi connectivity index (χ0n) is 25.4. The monoisotopic (exact) mass is 592 g/mol. The molecule has 2 fully saturated rings. The highest BCUT2D eigenvalue weighted by atomic mass is 32.2. The Bertz CT molecular complexity index is 1410. The number of nitrogens with two attached hydrogens (primary N) is 2. The lowest BCUT2D eigenvalue weighted by Gasteiger charge is -2.24. The van der Waals surface area contributed by atoms with E-state index in [1.54, 1.807) is 4.57 Å². The van der Waals surface area contributed by atoms with E-state index in [9.17, 15) is 4.79 Å². The molecule has 0 amide bonds. The Balaban J connectivity index is 1.32. The molecule has 42 heavy (non-hydrogen) atoms. The largest absolute Gasteiger partial charge is 0.379 e. The first-order valence-electron chi connectivity index (χ1n) is 15.5. The summed E-state index contributed by atoms with van der Waals surface area (Å²) < 4.78 is 1.66. The van der Waals surface area contributed by atoms with Crippen molar-refractivity contribution in [1.82, 2.24) is 24.8 Å². The number of nitrogens with zero attached hydrogens (tertiary/aromatic N) is 3. The van der Waals surface area contributed by atoms with Gasteiger partial charge in [-0.2, -0.15) is 4.98 Å². The highest BCUT2D eigenvalue weighted by Crippen LogP contribution is 2.43. The summed E-state index contributed by atoms with van der Waals surface area (Å²) in [5, 5.41) is 12.4. The van der Waals surface area contributed by atoms with Crippen LogP contribution in [0.1, 0.15) is 95.5 Å². The van der Waals surface area contributed by atoms with Crippen LogP contribution in [0.3, 0.4) is 0 Å². The van der Waals surface area contributed by atoms with E-state index in [2.05, 4.69) is 59.2 Å². The van der Waals surface area contributed by atoms with Gasteiger partial charge in [0.15, 0.2) is 5.17 Å². The number of rotatable bonds is 10. The van der Waals surface area contributed by atoms with Crippen molar-refractivity contribution in [1.29, 1.82) is 5.41 Å². The highest BCUT2D eigenvalue weighted by Gasteiger charge is 2.38. The van der Waals surface area contributed by atoms with Gasteiger partial charge in [0.1, 0.15) is 5.65 Å². The number of H-pyrrole nitrogens is 1. The lowest BCUT2D eigenvalue weighted by Crippen LogP contribution is -2.32. The minimum atomic E-state index is -0.278. The lowest BCUT2D eigenvalue weighted by molar-refractivity contribution is 0.235. The molecule has 0 spiro atoms. The Labute approximate surface area is 253 Å². The Morgan fingerprint density at radius 2 is 2.00 bits per heavy atom. The average molecular weight is 593 g/mol. The predicted octanol–water partition coefficient (Wildman–Crippen LogP) is 5.20. The average Bonchev–Trinajstić information content (AvgIpc) is 3.38. The van der Waals surface area contributed by atoms with Gasteiger partial charge in [0.25, 0.3) is 0 Å². The maximum absolute atomic E-state index is 13.1. The number of aromatic amines is 1. The van der Waals surface area contributed by atoms with Gasteiger partial charge >= 0.3 is 5.69 Å². The predicted molar refractivity (Wildman–Crippen MR) is 174 cm³/mol. The summed E-state index contributed by atoms with van der Waals surface area (Å²) in [6, 6.07) is 11.7. The third kappa shape index (κ3) is 7.64. The first-order chi connectivity index (χ1) is 20.1. The molecule has 4 atom stereocenters. The molecule has 0 aliphatic carbocycles. The first-order valence-corrected chi connectivity index (χ1v) is 16.5. The molecule has 10 heteroatoms. The number of hydrogen-bond donors (Lipinski definition) is 5. The van der Waals surface area contributed by atoms with E-state index >= 15 is 0 Å². The van der Waals surface area contributed by atoms with E-state index in [0.29, 0.717) is 11.7 Å². The number of likely N-dealkylation sites (tertiary alicyclic amines) is 1. The van der Waals surface area contributed by atoms with Crippen LogP contribution in [0, 0.1) is 10.8 Å². The van der Waals surface area contributed by atoms with Gasteiger partial charge in [0.05, 0.1) is 11.7 Å². The molecule has 228 valence electrons. The quantitative estimate of drug-likeness (QED) is 0.161.